The van der Waals surface area contributed by atoms with Crippen molar-refractivity contribution in [2.45, 2.75) is 19.0 Å². The molecule has 0 radical (unpaired) electrons. The molecule has 7 nitrogen and oxygen atoms in total. The predicted molar refractivity (Wildman–Crippen MR) is 139 cm³/mol. The standard InChI is InChI=1S/C27H26ClF3N4O3/c28-21-7-3-18(4-8-21)19-5-9-23(22(12-19)26(37)34-14-17-2-1-11-32-13-17)35-25(36)20-6-10-24(33-15-20)38-16-27(29,30)31/h3-10,12,15,17,32H,1-2,11,13-14,16H2,(H,34,37)(H,35,36)/t17-/m1/s1. The van der Waals surface area contributed by atoms with Gasteiger partial charge in [-0.3, -0.25) is 9.59 Å². The van der Waals surface area contributed by atoms with Gasteiger partial charge in [0.15, 0.2) is 6.61 Å². The fraction of sp³-hybridized carbons (Fsp3) is 0.296. The van der Waals surface area contributed by atoms with Crippen LogP contribution in [0.5, 0.6) is 5.88 Å². The Labute approximate surface area is 222 Å². The number of carbonyl (C=O) groups is 2. The minimum atomic E-state index is -4.50. The highest BCUT2D eigenvalue weighted by Crippen LogP contribution is 2.27. The van der Waals surface area contributed by atoms with Crippen LogP contribution in [0, 0.1) is 5.92 Å². The number of nitrogens with one attached hydrogen (secondary N) is 3. The second-order valence-corrected chi connectivity index (χ2v) is 9.37. The number of nitrogens with zero attached hydrogens (tertiary/aromatic N) is 1. The molecule has 200 valence electrons. The Morgan fingerprint density at radius 3 is 2.47 bits per heavy atom. The molecule has 1 fully saturated rings. The summed E-state index contributed by atoms with van der Waals surface area (Å²) in [4.78, 5) is 29.9. The van der Waals surface area contributed by atoms with Gasteiger partial charge < -0.3 is 20.7 Å². The highest BCUT2D eigenvalue weighted by molar-refractivity contribution is 6.30. The first-order chi connectivity index (χ1) is 18.2. The van der Waals surface area contributed by atoms with Crippen molar-refractivity contribution in [2.24, 2.45) is 5.92 Å². The number of aromatic nitrogens is 1. The number of anilines is 1. The first-order valence-electron chi connectivity index (χ1n) is 12.0. The van der Waals surface area contributed by atoms with Gasteiger partial charge in [-0.05, 0) is 73.3 Å². The SMILES string of the molecule is O=C(Nc1ccc(-c2ccc(Cl)cc2)cc1C(=O)NC[C@@H]1CCCNC1)c1ccc(OCC(F)(F)F)nc1. The number of benzene rings is 2. The summed E-state index contributed by atoms with van der Waals surface area (Å²) in [6.45, 7) is 0.799. The summed E-state index contributed by atoms with van der Waals surface area (Å²) in [5.41, 5.74) is 2.25. The maximum Gasteiger partial charge on any atom is 0.422 e. The van der Waals surface area contributed by atoms with Crippen molar-refractivity contribution in [3.05, 3.63) is 76.9 Å². The van der Waals surface area contributed by atoms with E-state index < -0.39 is 18.7 Å². The Morgan fingerprint density at radius 1 is 1.05 bits per heavy atom. The normalized spacial score (nSPS) is 15.5. The van der Waals surface area contributed by atoms with Gasteiger partial charge in [-0.15, -0.1) is 0 Å². The van der Waals surface area contributed by atoms with Gasteiger partial charge in [0.05, 0.1) is 16.8 Å². The predicted octanol–water partition coefficient (Wildman–Crippen LogP) is 5.32. The largest absolute Gasteiger partial charge is 0.468 e. The Balaban J connectivity index is 1.52. The van der Waals surface area contributed by atoms with Gasteiger partial charge in [0.2, 0.25) is 5.88 Å². The lowest BCUT2D eigenvalue weighted by Gasteiger charge is -2.23. The average Bonchev–Trinajstić information content (AvgIpc) is 2.91. The Kier molecular flexibility index (Phi) is 8.85. The average molecular weight is 547 g/mol. The van der Waals surface area contributed by atoms with Crippen LogP contribution in [0.1, 0.15) is 33.6 Å². The Morgan fingerprint density at radius 2 is 1.82 bits per heavy atom. The van der Waals surface area contributed by atoms with Crippen molar-refractivity contribution in [2.75, 3.05) is 31.6 Å². The number of hydrogen-bond donors (Lipinski definition) is 3. The van der Waals surface area contributed by atoms with Gasteiger partial charge >= 0.3 is 6.18 Å². The summed E-state index contributed by atoms with van der Waals surface area (Å²) in [6.07, 6.45) is -1.33. The molecule has 1 aliphatic rings. The molecule has 3 N–H and O–H groups in total. The molecule has 2 heterocycles. The molecule has 1 saturated heterocycles. The molecule has 2 amide bonds. The number of piperidine rings is 1. The molecular formula is C27H26ClF3N4O3. The number of amides is 2. The van der Waals surface area contributed by atoms with Crippen LogP contribution in [0.2, 0.25) is 5.02 Å². The van der Waals surface area contributed by atoms with E-state index in [0.29, 0.717) is 17.5 Å². The van der Waals surface area contributed by atoms with Gasteiger partial charge in [-0.2, -0.15) is 13.2 Å². The van der Waals surface area contributed by atoms with Crippen molar-refractivity contribution < 1.29 is 27.5 Å². The number of pyridine rings is 1. The minimum Gasteiger partial charge on any atom is -0.468 e. The van der Waals surface area contributed by atoms with Gasteiger partial charge in [-0.1, -0.05) is 29.8 Å². The van der Waals surface area contributed by atoms with Crippen LogP contribution in [0.4, 0.5) is 18.9 Å². The molecular weight excluding hydrogens is 521 g/mol. The number of rotatable bonds is 8. The maximum absolute atomic E-state index is 13.2. The lowest BCUT2D eigenvalue weighted by Crippen LogP contribution is -2.38. The van der Waals surface area contributed by atoms with Crippen LogP contribution < -0.4 is 20.7 Å². The summed E-state index contributed by atoms with van der Waals surface area (Å²) in [6, 6.07) is 14.7. The molecule has 38 heavy (non-hydrogen) atoms. The highest BCUT2D eigenvalue weighted by Gasteiger charge is 2.28. The van der Waals surface area contributed by atoms with E-state index in [4.69, 9.17) is 11.6 Å². The molecule has 0 spiro atoms. The van der Waals surface area contributed by atoms with E-state index in [9.17, 15) is 22.8 Å². The zero-order chi connectivity index (χ0) is 27.1. The third kappa shape index (κ3) is 7.69. The third-order valence-corrected chi connectivity index (χ3v) is 6.27. The number of carbonyl (C=O) groups excluding carboxylic acids is 2. The van der Waals surface area contributed by atoms with Gasteiger partial charge in [0.25, 0.3) is 11.8 Å². The number of alkyl halides is 3. The zero-order valence-electron chi connectivity index (χ0n) is 20.3. The fourth-order valence-electron chi connectivity index (χ4n) is 4.04. The second-order valence-electron chi connectivity index (χ2n) is 8.93. The lowest BCUT2D eigenvalue weighted by atomic mass is 9.99. The smallest absolute Gasteiger partial charge is 0.422 e. The topological polar surface area (TPSA) is 92.4 Å². The molecule has 1 aliphatic heterocycles. The summed E-state index contributed by atoms with van der Waals surface area (Å²) < 4.78 is 41.6. The highest BCUT2D eigenvalue weighted by atomic mass is 35.5. The first-order valence-corrected chi connectivity index (χ1v) is 12.4. The van der Waals surface area contributed by atoms with Crippen LogP contribution in [0.15, 0.2) is 60.8 Å². The lowest BCUT2D eigenvalue weighted by molar-refractivity contribution is -0.154. The molecule has 3 aromatic rings. The molecule has 0 unspecified atom stereocenters. The maximum atomic E-state index is 13.2. The number of ether oxygens (including phenoxy) is 1. The van der Waals surface area contributed by atoms with Crippen LogP contribution in [-0.4, -0.2) is 49.2 Å². The molecule has 2 aromatic carbocycles. The summed E-state index contributed by atoms with van der Waals surface area (Å²) in [5.74, 6) is -0.863. The van der Waals surface area contributed by atoms with Crippen LogP contribution >= 0.6 is 11.6 Å². The molecule has 1 aromatic heterocycles. The molecule has 11 heteroatoms. The van der Waals surface area contributed by atoms with E-state index in [1.807, 2.05) is 12.1 Å². The second kappa shape index (κ2) is 12.3. The van der Waals surface area contributed by atoms with E-state index >= 15 is 0 Å². The van der Waals surface area contributed by atoms with Crippen molar-refractivity contribution in [3.63, 3.8) is 0 Å². The summed E-state index contributed by atoms with van der Waals surface area (Å²) in [7, 11) is 0. The van der Waals surface area contributed by atoms with Crippen molar-refractivity contribution in [1.29, 1.82) is 0 Å². The molecule has 0 saturated carbocycles. The van der Waals surface area contributed by atoms with Crippen LogP contribution in [0.3, 0.4) is 0 Å². The molecule has 0 bridgehead atoms. The third-order valence-electron chi connectivity index (χ3n) is 6.02. The van der Waals surface area contributed by atoms with Crippen LogP contribution in [0.25, 0.3) is 11.1 Å². The summed E-state index contributed by atoms with van der Waals surface area (Å²) in [5, 5.41) is 9.59. The van der Waals surface area contributed by atoms with E-state index in [1.54, 1.807) is 30.3 Å². The Bertz CT molecular complexity index is 1260. The number of hydrogen-bond acceptors (Lipinski definition) is 5. The van der Waals surface area contributed by atoms with E-state index in [2.05, 4.69) is 25.7 Å². The quantitative estimate of drug-likeness (QED) is 0.355. The molecule has 0 aliphatic carbocycles. The van der Waals surface area contributed by atoms with Gasteiger partial charge in [-0.25, -0.2) is 4.98 Å². The molecule has 1 atom stereocenters. The zero-order valence-corrected chi connectivity index (χ0v) is 21.0. The fourth-order valence-corrected chi connectivity index (χ4v) is 4.17. The molecule has 4 rings (SSSR count). The number of halogens is 4. The van der Waals surface area contributed by atoms with E-state index in [-0.39, 0.29) is 28.6 Å². The van der Waals surface area contributed by atoms with Crippen molar-refractivity contribution >= 4 is 29.1 Å². The summed E-state index contributed by atoms with van der Waals surface area (Å²) >= 11 is 6.00. The van der Waals surface area contributed by atoms with Gasteiger partial charge in [0.1, 0.15) is 0 Å². The van der Waals surface area contributed by atoms with E-state index in [0.717, 1.165) is 43.3 Å². The van der Waals surface area contributed by atoms with Gasteiger partial charge in [0, 0.05) is 23.8 Å². The van der Waals surface area contributed by atoms with Crippen LogP contribution in [-0.2, 0) is 0 Å². The van der Waals surface area contributed by atoms with E-state index in [1.165, 1.54) is 12.1 Å². The first kappa shape index (κ1) is 27.4. The minimum absolute atomic E-state index is 0.0887. The monoisotopic (exact) mass is 546 g/mol. The van der Waals surface area contributed by atoms with Crippen molar-refractivity contribution in [3.8, 4) is 17.0 Å². The van der Waals surface area contributed by atoms with Crippen molar-refractivity contribution in [1.82, 2.24) is 15.6 Å². The Hall–Kier alpha value is -3.63.